The van der Waals surface area contributed by atoms with Crippen LogP contribution < -0.4 is 0 Å². The molecule has 1 unspecified atom stereocenters. The van der Waals surface area contributed by atoms with Gasteiger partial charge in [-0.15, -0.1) is 11.3 Å². The molecule has 2 aromatic carbocycles. The Kier molecular flexibility index (Phi) is 8.37. The molecule has 1 aliphatic heterocycles. The van der Waals surface area contributed by atoms with Crippen LogP contribution in [0.4, 0.5) is 0 Å². The minimum absolute atomic E-state index is 0.0224. The molecule has 5 nitrogen and oxygen atoms in total. The first kappa shape index (κ1) is 25.1. The molecule has 0 bridgehead atoms. The molecule has 35 heavy (non-hydrogen) atoms. The Morgan fingerprint density at radius 1 is 1.09 bits per heavy atom. The van der Waals surface area contributed by atoms with E-state index in [4.69, 9.17) is 4.74 Å². The topological polar surface area (TPSA) is 49.9 Å². The summed E-state index contributed by atoms with van der Waals surface area (Å²) in [4.78, 5) is 32.3. The number of carbonyl (C=O) groups is 2. The Labute approximate surface area is 212 Å². The zero-order chi connectivity index (χ0) is 24.8. The summed E-state index contributed by atoms with van der Waals surface area (Å²) in [5.41, 5.74) is 5.06. The highest BCUT2D eigenvalue weighted by atomic mass is 32.1. The van der Waals surface area contributed by atoms with Gasteiger partial charge in [0.1, 0.15) is 6.54 Å². The van der Waals surface area contributed by atoms with Gasteiger partial charge >= 0.3 is 0 Å². The van der Waals surface area contributed by atoms with E-state index in [9.17, 15) is 9.59 Å². The molecule has 1 aliphatic rings. The second-order valence-electron chi connectivity index (χ2n) is 9.04. The average molecular weight is 491 g/mol. The van der Waals surface area contributed by atoms with Crippen molar-refractivity contribution in [3.05, 3.63) is 92.7 Å². The van der Waals surface area contributed by atoms with Crippen LogP contribution in [-0.4, -0.2) is 54.5 Å². The molecule has 0 radical (unpaired) electrons. The van der Waals surface area contributed by atoms with Crippen LogP contribution in [0.15, 0.2) is 60.0 Å². The molecule has 184 valence electrons. The van der Waals surface area contributed by atoms with Crippen LogP contribution >= 0.6 is 11.3 Å². The van der Waals surface area contributed by atoms with Crippen molar-refractivity contribution in [2.45, 2.75) is 39.7 Å². The lowest BCUT2D eigenvalue weighted by Gasteiger charge is -2.37. The third kappa shape index (κ3) is 5.82. The van der Waals surface area contributed by atoms with E-state index in [2.05, 4.69) is 42.6 Å². The molecule has 2 amide bonds. The molecule has 0 saturated carbocycles. The van der Waals surface area contributed by atoms with Gasteiger partial charge in [-0.3, -0.25) is 9.59 Å². The van der Waals surface area contributed by atoms with Crippen LogP contribution in [-0.2, 0) is 16.0 Å². The fourth-order valence-electron chi connectivity index (χ4n) is 4.68. The summed E-state index contributed by atoms with van der Waals surface area (Å²) >= 11 is 1.76. The normalized spacial score (nSPS) is 15.1. The van der Waals surface area contributed by atoms with Gasteiger partial charge < -0.3 is 14.5 Å². The monoisotopic (exact) mass is 490 g/mol. The zero-order valence-corrected chi connectivity index (χ0v) is 21.6. The van der Waals surface area contributed by atoms with Gasteiger partial charge in [0.25, 0.3) is 5.91 Å². The summed E-state index contributed by atoms with van der Waals surface area (Å²) in [6.45, 7) is 8.35. The van der Waals surface area contributed by atoms with Crippen molar-refractivity contribution in [2.75, 3.05) is 32.8 Å². The number of hydrogen-bond acceptors (Lipinski definition) is 4. The number of hydrogen-bond donors (Lipinski definition) is 0. The van der Waals surface area contributed by atoms with Gasteiger partial charge in [-0.1, -0.05) is 48.0 Å². The maximum atomic E-state index is 13.8. The molecule has 0 saturated heterocycles. The van der Waals surface area contributed by atoms with Gasteiger partial charge in [0.2, 0.25) is 5.91 Å². The minimum atomic E-state index is -0.128. The number of ether oxygens (including phenoxy) is 1. The molecule has 2 heterocycles. The molecule has 3 aromatic rings. The number of nitrogens with zero attached hydrogens (tertiary/aromatic N) is 2. The Morgan fingerprint density at radius 2 is 1.86 bits per heavy atom. The Hall–Kier alpha value is -2.96. The second kappa shape index (κ2) is 11.6. The Balaban J connectivity index is 1.59. The number of carbonyl (C=O) groups excluding carboxylic acids is 2. The van der Waals surface area contributed by atoms with E-state index in [1.54, 1.807) is 16.2 Å². The quantitative estimate of drug-likeness (QED) is 0.377. The van der Waals surface area contributed by atoms with E-state index < -0.39 is 0 Å². The van der Waals surface area contributed by atoms with Gasteiger partial charge in [-0.2, -0.15) is 0 Å². The van der Waals surface area contributed by atoms with Crippen LogP contribution in [0.1, 0.15) is 56.9 Å². The molecule has 0 spiro atoms. The Morgan fingerprint density at radius 3 is 2.60 bits per heavy atom. The number of fused-ring (bicyclic) bond motifs is 1. The average Bonchev–Trinajstić information content (AvgIpc) is 3.35. The van der Waals surface area contributed by atoms with Gasteiger partial charge in [0, 0.05) is 36.7 Å². The summed E-state index contributed by atoms with van der Waals surface area (Å²) in [5, 5.41) is 2.11. The van der Waals surface area contributed by atoms with E-state index in [1.807, 2.05) is 43.0 Å². The summed E-state index contributed by atoms with van der Waals surface area (Å²) in [7, 11) is 0. The third-order valence-corrected chi connectivity index (χ3v) is 7.59. The molecular weight excluding hydrogens is 456 g/mol. The van der Waals surface area contributed by atoms with E-state index in [-0.39, 0.29) is 24.4 Å². The number of benzene rings is 2. The Bertz CT molecular complexity index is 1150. The predicted octanol–water partition coefficient (Wildman–Crippen LogP) is 5.41. The molecule has 0 N–H and O–H groups in total. The lowest BCUT2D eigenvalue weighted by atomic mass is 9.92. The summed E-state index contributed by atoms with van der Waals surface area (Å²) in [6, 6.07) is 18.0. The van der Waals surface area contributed by atoms with Crippen LogP contribution in [0, 0.1) is 13.8 Å². The molecule has 0 aliphatic carbocycles. The molecular formula is C29H34N2O3S. The minimum Gasteiger partial charge on any atom is -0.382 e. The first-order valence-electron chi connectivity index (χ1n) is 12.3. The fraction of sp³-hybridized carbons (Fsp3) is 0.379. The van der Waals surface area contributed by atoms with Crippen LogP contribution in [0.5, 0.6) is 0 Å². The first-order valence-corrected chi connectivity index (χ1v) is 13.2. The van der Waals surface area contributed by atoms with Crippen molar-refractivity contribution in [1.29, 1.82) is 0 Å². The number of amides is 2. The second-order valence-corrected chi connectivity index (χ2v) is 10.0. The van der Waals surface area contributed by atoms with Crippen molar-refractivity contribution in [2.24, 2.45) is 0 Å². The zero-order valence-electron chi connectivity index (χ0n) is 20.8. The van der Waals surface area contributed by atoms with Gasteiger partial charge in [-0.25, -0.2) is 0 Å². The van der Waals surface area contributed by atoms with Crippen LogP contribution in [0.25, 0.3) is 0 Å². The number of rotatable bonds is 9. The van der Waals surface area contributed by atoms with Crippen molar-refractivity contribution in [3.63, 3.8) is 0 Å². The van der Waals surface area contributed by atoms with E-state index in [1.165, 1.54) is 16.0 Å². The van der Waals surface area contributed by atoms with Gasteiger partial charge in [-0.05, 0) is 67.8 Å². The van der Waals surface area contributed by atoms with Gasteiger partial charge in [0.05, 0.1) is 6.04 Å². The molecule has 4 rings (SSSR count). The third-order valence-electron chi connectivity index (χ3n) is 6.59. The van der Waals surface area contributed by atoms with E-state index in [0.29, 0.717) is 38.3 Å². The standard InChI is InChI=1S/C29H34N2O3S/c1-4-34-18-7-16-30(29(33)24-9-6-5-8-22(24)3)20-27(32)31-17-14-26-25(15-19-35-26)28(31)23-12-10-21(2)11-13-23/h5-6,8-13,15,19,28H,4,7,14,16-18,20H2,1-3H3. The maximum Gasteiger partial charge on any atom is 0.254 e. The number of aryl methyl sites for hydroxylation is 2. The summed E-state index contributed by atoms with van der Waals surface area (Å²) in [6.07, 6.45) is 1.53. The van der Waals surface area contributed by atoms with E-state index in [0.717, 1.165) is 17.5 Å². The largest absolute Gasteiger partial charge is 0.382 e. The summed E-state index contributed by atoms with van der Waals surface area (Å²) in [5.74, 6) is -0.126. The van der Waals surface area contributed by atoms with Gasteiger partial charge in [0.15, 0.2) is 0 Å². The fourth-order valence-corrected chi connectivity index (χ4v) is 5.59. The van der Waals surface area contributed by atoms with Crippen molar-refractivity contribution in [1.82, 2.24) is 9.80 Å². The lowest BCUT2D eigenvalue weighted by molar-refractivity contribution is -0.134. The van der Waals surface area contributed by atoms with E-state index >= 15 is 0 Å². The van der Waals surface area contributed by atoms with Crippen molar-refractivity contribution >= 4 is 23.2 Å². The molecule has 0 fully saturated rings. The molecule has 1 atom stereocenters. The highest BCUT2D eigenvalue weighted by Gasteiger charge is 2.34. The predicted molar refractivity (Wildman–Crippen MR) is 141 cm³/mol. The van der Waals surface area contributed by atoms with Crippen molar-refractivity contribution in [3.8, 4) is 0 Å². The van der Waals surface area contributed by atoms with Crippen LogP contribution in [0.3, 0.4) is 0 Å². The SMILES string of the molecule is CCOCCCN(CC(=O)N1CCc2sccc2C1c1ccc(C)cc1)C(=O)c1ccccc1C. The van der Waals surface area contributed by atoms with Crippen LogP contribution in [0.2, 0.25) is 0 Å². The highest BCUT2D eigenvalue weighted by molar-refractivity contribution is 7.10. The smallest absolute Gasteiger partial charge is 0.254 e. The molecule has 6 heteroatoms. The number of thiophene rings is 1. The molecule has 1 aromatic heterocycles. The highest BCUT2D eigenvalue weighted by Crippen LogP contribution is 2.38. The summed E-state index contributed by atoms with van der Waals surface area (Å²) < 4.78 is 5.50. The maximum absolute atomic E-state index is 13.8. The lowest BCUT2D eigenvalue weighted by Crippen LogP contribution is -2.47. The first-order chi connectivity index (χ1) is 17.0. The van der Waals surface area contributed by atoms with Crippen molar-refractivity contribution < 1.29 is 14.3 Å².